The Morgan fingerprint density at radius 2 is 2.31 bits per heavy atom. The maximum Gasteiger partial charge on any atom is 0.291 e. The molecule has 1 atom stereocenters. The number of aromatic nitrogens is 3. The number of carbonyl (C=O) groups is 1. The normalized spacial score (nSPS) is 22.4. The van der Waals surface area contributed by atoms with Gasteiger partial charge in [0.15, 0.2) is 0 Å². The van der Waals surface area contributed by atoms with Crippen molar-refractivity contribution < 1.29 is 4.79 Å². The van der Waals surface area contributed by atoms with Crippen LogP contribution in [0.3, 0.4) is 0 Å². The minimum absolute atomic E-state index is 0.102. The molecule has 3 N–H and O–H groups in total. The average Bonchev–Trinajstić information content (AvgIpc) is 2.64. The molecule has 0 spiro atoms. The number of carbonyl (C=O) groups excluding carboxylic acids is 1. The molecular weight excluding hydrogens is 208 g/mol. The predicted molar refractivity (Wildman–Crippen MR) is 58.8 cm³/mol. The zero-order valence-electron chi connectivity index (χ0n) is 9.47. The van der Waals surface area contributed by atoms with Gasteiger partial charge in [0.05, 0.1) is 0 Å². The van der Waals surface area contributed by atoms with Gasteiger partial charge in [0, 0.05) is 25.7 Å². The number of hydrogen-bond acceptors (Lipinski definition) is 5. The molecule has 2 heterocycles. The Bertz CT molecular complexity index is 389. The summed E-state index contributed by atoms with van der Waals surface area (Å²) in [6.07, 6.45) is 0. The second-order valence-electron chi connectivity index (χ2n) is 4.15. The highest BCUT2D eigenvalue weighted by Gasteiger charge is 2.28. The quantitative estimate of drug-likeness (QED) is 0.649. The van der Waals surface area contributed by atoms with E-state index in [-0.39, 0.29) is 23.7 Å². The summed E-state index contributed by atoms with van der Waals surface area (Å²) in [5.74, 6) is 0.184. The summed E-state index contributed by atoms with van der Waals surface area (Å²) in [5.41, 5.74) is 5.37. The highest BCUT2D eigenvalue weighted by Crippen LogP contribution is 2.11. The molecular formula is C9H16N6O. The number of hydrogen-bond donors (Lipinski definition) is 2. The summed E-state index contributed by atoms with van der Waals surface area (Å²) in [5, 5.41) is 6.20. The molecule has 2 rings (SSSR count). The predicted octanol–water partition coefficient (Wildman–Crippen LogP) is -0.837. The molecule has 0 radical (unpaired) electrons. The first kappa shape index (κ1) is 10.9. The molecule has 1 saturated heterocycles. The monoisotopic (exact) mass is 224 g/mol. The summed E-state index contributed by atoms with van der Waals surface area (Å²) in [6.45, 7) is 4.47. The Morgan fingerprint density at radius 3 is 2.88 bits per heavy atom. The van der Waals surface area contributed by atoms with Crippen LogP contribution >= 0.6 is 0 Å². The van der Waals surface area contributed by atoms with Gasteiger partial charge in [-0.25, -0.2) is 0 Å². The number of anilines is 1. The second kappa shape index (κ2) is 4.09. The lowest BCUT2D eigenvalue weighted by molar-refractivity contribution is 0.0522. The third-order valence-corrected chi connectivity index (χ3v) is 2.80. The van der Waals surface area contributed by atoms with Crippen LogP contribution in [-0.2, 0) is 0 Å². The van der Waals surface area contributed by atoms with Gasteiger partial charge >= 0.3 is 0 Å². The van der Waals surface area contributed by atoms with E-state index in [1.165, 1.54) is 0 Å². The maximum atomic E-state index is 12.0. The molecule has 1 aromatic rings. The Balaban J connectivity index is 2.10. The van der Waals surface area contributed by atoms with E-state index in [9.17, 15) is 4.79 Å². The number of rotatable bonds is 1. The molecule has 1 amide bonds. The van der Waals surface area contributed by atoms with Crippen LogP contribution in [0.1, 0.15) is 17.5 Å². The number of nitrogens with one attached hydrogen (secondary N) is 1. The molecule has 0 bridgehead atoms. The van der Waals surface area contributed by atoms with Crippen molar-refractivity contribution in [1.29, 1.82) is 0 Å². The van der Waals surface area contributed by atoms with Crippen LogP contribution in [0.5, 0.6) is 0 Å². The number of nitrogens with zero attached hydrogens (tertiary/aromatic N) is 4. The molecule has 0 saturated carbocycles. The minimum Gasteiger partial charge on any atom is -0.366 e. The summed E-state index contributed by atoms with van der Waals surface area (Å²) in [6, 6.07) is 0.178. The minimum atomic E-state index is -0.134. The van der Waals surface area contributed by atoms with Gasteiger partial charge in [-0.3, -0.25) is 9.89 Å². The summed E-state index contributed by atoms with van der Waals surface area (Å²) in [7, 11) is 2.05. The van der Waals surface area contributed by atoms with Gasteiger partial charge in [-0.05, 0) is 14.0 Å². The Kier molecular flexibility index (Phi) is 2.78. The Hall–Kier alpha value is -1.63. The number of H-pyrrole nitrogens is 1. The molecule has 16 heavy (non-hydrogen) atoms. The van der Waals surface area contributed by atoms with E-state index in [0.717, 1.165) is 13.1 Å². The number of nitrogen functional groups attached to an aromatic ring is 1. The fourth-order valence-electron chi connectivity index (χ4n) is 1.95. The van der Waals surface area contributed by atoms with E-state index in [4.69, 9.17) is 5.73 Å². The van der Waals surface area contributed by atoms with Crippen LogP contribution in [0.25, 0.3) is 0 Å². The average molecular weight is 224 g/mol. The van der Waals surface area contributed by atoms with Crippen LogP contribution in [0, 0.1) is 0 Å². The van der Waals surface area contributed by atoms with E-state index >= 15 is 0 Å². The molecule has 0 aromatic carbocycles. The largest absolute Gasteiger partial charge is 0.366 e. The molecule has 1 aliphatic heterocycles. The topological polar surface area (TPSA) is 91.1 Å². The van der Waals surface area contributed by atoms with Gasteiger partial charge in [0.25, 0.3) is 5.91 Å². The van der Waals surface area contributed by atoms with Crippen LogP contribution < -0.4 is 5.73 Å². The number of aromatic amines is 1. The lowest BCUT2D eigenvalue weighted by atomic mass is 10.2. The Labute approximate surface area is 93.6 Å². The van der Waals surface area contributed by atoms with Crippen LogP contribution in [0.15, 0.2) is 0 Å². The molecule has 7 nitrogen and oxygen atoms in total. The van der Waals surface area contributed by atoms with Crippen molar-refractivity contribution in [3.05, 3.63) is 5.82 Å². The smallest absolute Gasteiger partial charge is 0.291 e. The van der Waals surface area contributed by atoms with Gasteiger partial charge in [-0.15, -0.1) is 5.10 Å². The van der Waals surface area contributed by atoms with Crippen molar-refractivity contribution in [3.63, 3.8) is 0 Å². The van der Waals surface area contributed by atoms with Crippen molar-refractivity contribution >= 4 is 11.9 Å². The van der Waals surface area contributed by atoms with Crippen molar-refractivity contribution in [2.45, 2.75) is 13.0 Å². The zero-order chi connectivity index (χ0) is 11.7. The van der Waals surface area contributed by atoms with Crippen molar-refractivity contribution in [2.75, 3.05) is 32.4 Å². The van der Waals surface area contributed by atoms with E-state index < -0.39 is 0 Å². The Morgan fingerprint density at radius 1 is 1.56 bits per heavy atom. The lowest BCUT2D eigenvalue weighted by Gasteiger charge is -2.37. The molecule has 0 aliphatic carbocycles. The fourth-order valence-corrected chi connectivity index (χ4v) is 1.95. The van der Waals surface area contributed by atoms with E-state index in [1.54, 1.807) is 4.90 Å². The summed E-state index contributed by atoms with van der Waals surface area (Å²) in [4.78, 5) is 19.9. The van der Waals surface area contributed by atoms with Crippen LogP contribution in [0.2, 0.25) is 0 Å². The van der Waals surface area contributed by atoms with Gasteiger partial charge in [0.1, 0.15) is 0 Å². The number of likely N-dealkylation sites (N-methyl/N-ethyl adjacent to an activating group) is 1. The molecule has 1 unspecified atom stereocenters. The third kappa shape index (κ3) is 1.99. The van der Waals surface area contributed by atoms with Gasteiger partial charge in [-0.1, -0.05) is 0 Å². The number of piperazine rings is 1. The summed E-state index contributed by atoms with van der Waals surface area (Å²) >= 11 is 0. The van der Waals surface area contributed by atoms with E-state index in [1.807, 2.05) is 14.0 Å². The molecule has 1 aromatic heterocycles. The number of nitrogens with two attached hydrogens (primary N) is 1. The van der Waals surface area contributed by atoms with E-state index in [0.29, 0.717) is 6.54 Å². The highest BCUT2D eigenvalue weighted by atomic mass is 16.2. The molecule has 88 valence electrons. The first-order valence-electron chi connectivity index (χ1n) is 5.25. The highest BCUT2D eigenvalue weighted by molar-refractivity contribution is 5.91. The van der Waals surface area contributed by atoms with Gasteiger partial charge < -0.3 is 15.5 Å². The molecule has 7 heteroatoms. The molecule has 1 aliphatic rings. The SMILES string of the molecule is CC1CN(C)CCN1C(=O)c1nc(N)n[nH]1. The van der Waals surface area contributed by atoms with Crippen molar-refractivity contribution in [1.82, 2.24) is 25.0 Å². The fraction of sp³-hybridized carbons (Fsp3) is 0.667. The maximum absolute atomic E-state index is 12.0. The van der Waals surface area contributed by atoms with Gasteiger partial charge in [-0.2, -0.15) is 4.98 Å². The van der Waals surface area contributed by atoms with Crippen molar-refractivity contribution in [3.8, 4) is 0 Å². The lowest BCUT2D eigenvalue weighted by Crippen LogP contribution is -2.52. The first-order chi connectivity index (χ1) is 7.58. The molecule has 1 fully saturated rings. The zero-order valence-corrected chi connectivity index (χ0v) is 9.47. The first-order valence-corrected chi connectivity index (χ1v) is 5.25. The van der Waals surface area contributed by atoms with Crippen molar-refractivity contribution in [2.24, 2.45) is 0 Å². The van der Waals surface area contributed by atoms with E-state index in [2.05, 4.69) is 20.1 Å². The third-order valence-electron chi connectivity index (χ3n) is 2.80. The van der Waals surface area contributed by atoms with Gasteiger partial charge in [0.2, 0.25) is 11.8 Å². The van der Waals surface area contributed by atoms with Crippen LogP contribution in [-0.4, -0.2) is 63.6 Å². The van der Waals surface area contributed by atoms with Crippen LogP contribution in [0.4, 0.5) is 5.95 Å². The number of amides is 1. The second-order valence-corrected chi connectivity index (χ2v) is 4.15. The summed E-state index contributed by atoms with van der Waals surface area (Å²) < 4.78 is 0. The standard InChI is InChI=1S/C9H16N6O/c1-6-5-14(2)3-4-15(6)8(16)7-11-9(10)13-12-7/h6H,3-5H2,1-2H3,(H3,10,11,12,13).